The first-order valence-electron chi connectivity index (χ1n) is 7.24. The molecule has 1 aliphatic rings. The van der Waals surface area contributed by atoms with Crippen molar-refractivity contribution < 1.29 is 14.6 Å². The topological polar surface area (TPSA) is 49.8 Å². The third-order valence-corrected chi connectivity index (χ3v) is 3.65. The van der Waals surface area contributed by atoms with Crippen LogP contribution in [-0.2, 0) is 9.53 Å². The van der Waals surface area contributed by atoms with Crippen molar-refractivity contribution in [1.29, 1.82) is 0 Å². The van der Waals surface area contributed by atoms with Crippen molar-refractivity contribution in [2.24, 2.45) is 5.92 Å². The Morgan fingerprint density at radius 3 is 2.89 bits per heavy atom. The summed E-state index contributed by atoms with van der Waals surface area (Å²) in [7, 11) is 0. The van der Waals surface area contributed by atoms with Gasteiger partial charge in [-0.2, -0.15) is 0 Å². The number of hydrogen-bond acceptors (Lipinski definition) is 4. The van der Waals surface area contributed by atoms with Crippen molar-refractivity contribution in [3.8, 4) is 0 Å². The van der Waals surface area contributed by atoms with E-state index < -0.39 is 0 Å². The molecule has 1 heterocycles. The summed E-state index contributed by atoms with van der Waals surface area (Å²) in [6.45, 7) is 6.55. The van der Waals surface area contributed by atoms with Crippen LogP contribution < -0.4 is 0 Å². The van der Waals surface area contributed by atoms with Crippen LogP contribution in [0.2, 0.25) is 0 Å². The first-order chi connectivity index (χ1) is 8.72. The van der Waals surface area contributed by atoms with Gasteiger partial charge in [-0.05, 0) is 45.1 Å². The summed E-state index contributed by atoms with van der Waals surface area (Å²) in [6, 6.07) is -0.0866. The summed E-state index contributed by atoms with van der Waals surface area (Å²) >= 11 is 0. The molecule has 2 atom stereocenters. The van der Waals surface area contributed by atoms with Crippen molar-refractivity contribution in [2.75, 3.05) is 26.3 Å². The van der Waals surface area contributed by atoms with Crippen LogP contribution in [0.3, 0.4) is 0 Å². The van der Waals surface area contributed by atoms with Gasteiger partial charge in [-0.15, -0.1) is 0 Å². The number of carbonyl (C=O) groups excluding carboxylic acids is 1. The monoisotopic (exact) mass is 257 g/mol. The molecule has 1 N–H and O–H groups in total. The Morgan fingerprint density at radius 2 is 2.28 bits per heavy atom. The second-order valence-corrected chi connectivity index (χ2v) is 5.07. The van der Waals surface area contributed by atoms with Gasteiger partial charge in [-0.3, -0.25) is 9.69 Å². The number of piperidine rings is 1. The zero-order valence-electron chi connectivity index (χ0n) is 11.7. The lowest BCUT2D eigenvalue weighted by molar-refractivity contribution is -0.150. The van der Waals surface area contributed by atoms with Gasteiger partial charge < -0.3 is 9.84 Å². The maximum atomic E-state index is 12.0. The summed E-state index contributed by atoms with van der Waals surface area (Å²) in [5.41, 5.74) is 0. The molecule has 106 valence electrons. The lowest BCUT2D eigenvalue weighted by Crippen LogP contribution is -2.47. The summed E-state index contributed by atoms with van der Waals surface area (Å²) < 4.78 is 5.18. The predicted molar refractivity (Wildman–Crippen MR) is 71.3 cm³/mol. The SMILES string of the molecule is CCCC(C(=O)OCC)N1CCCC(CCO)C1. The number of carbonyl (C=O) groups is 1. The van der Waals surface area contributed by atoms with Gasteiger partial charge in [0.25, 0.3) is 0 Å². The normalized spacial score (nSPS) is 22.7. The fraction of sp³-hybridized carbons (Fsp3) is 0.929. The van der Waals surface area contributed by atoms with E-state index in [9.17, 15) is 4.79 Å². The Balaban J connectivity index is 2.57. The highest BCUT2D eigenvalue weighted by Gasteiger charge is 2.30. The van der Waals surface area contributed by atoms with Crippen LogP contribution in [0.1, 0.15) is 46.0 Å². The van der Waals surface area contributed by atoms with E-state index in [-0.39, 0.29) is 18.6 Å². The Labute approximate surface area is 110 Å². The van der Waals surface area contributed by atoms with Crippen molar-refractivity contribution in [3.05, 3.63) is 0 Å². The third kappa shape index (κ3) is 4.58. The van der Waals surface area contributed by atoms with E-state index >= 15 is 0 Å². The molecule has 0 spiro atoms. The largest absolute Gasteiger partial charge is 0.465 e. The van der Waals surface area contributed by atoms with Crippen molar-refractivity contribution in [2.45, 2.75) is 52.0 Å². The zero-order chi connectivity index (χ0) is 13.4. The number of rotatable bonds is 7. The summed E-state index contributed by atoms with van der Waals surface area (Å²) in [6.07, 6.45) is 4.98. The number of ether oxygens (including phenoxy) is 1. The predicted octanol–water partition coefficient (Wildman–Crippen LogP) is 1.81. The lowest BCUT2D eigenvalue weighted by atomic mass is 9.93. The van der Waals surface area contributed by atoms with E-state index in [2.05, 4.69) is 11.8 Å². The molecule has 2 unspecified atom stereocenters. The molecular weight excluding hydrogens is 230 g/mol. The molecule has 1 saturated heterocycles. The minimum Gasteiger partial charge on any atom is -0.465 e. The molecule has 1 aliphatic heterocycles. The van der Waals surface area contributed by atoms with E-state index in [1.807, 2.05) is 6.92 Å². The van der Waals surface area contributed by atoms with Crippen LogP contribution in [0.4, 0.5) is 0 Å². The first kappa shape index (κ1) is 15.4. The van der Waals surface area contributed by atoms with E-state index in [1.165, 1.54) is 6.42 Å². The van der Waals surface area contributed by atoms with E-state index in [4.69, 9.17) is 9.84 Å². The van der Waals surface area contributed by atoms with E-state index in [1.54, 1.807) is 0 Å². The molecule has 1 fully saturated rings. The van der Waals surface area contributed by atoms with Gasteiger partial charge in [0.1, 0.15) is 6.04 Å². The molecule has 0 saturated carbocycles. The number of likely N-dealkylation sites (tertiary alicyclic amines) is 1. The van der Waals surface area contributed by atoms with Crippen LogP contribution in [0, 0.1) is 5.92 Å². The van der Waals surface area contributed by atoms with Crippen LogP contribution in [0.15, 0.2) is 0 Å². The van der Waals surface area contributed by atoms with Gasteiger partial charge in [-0.25, -0.2) is 0 Å². The molecule has 0 aromatic carbocycles. The van der Waals surface area contributed by atoms with Crippen molar-refractivity contribution in [3.63, 3.8) is 0 Å². The van der Waals surface area contributed by atoms with E-state index in [0.29, 0.717) is 12.5 Å². The number of aliphatic hydroxyl groups excluding tert-OH is 1. The molecule has 0 aromatic heterocycles. The second kappa shape index (κ2) is 8.48. The van der Waals surface area contributed by atoms with Gasteiger partial charge >= 0.3 is 5.97 Å². The number of esters is 1. The van der Waals surface area contributed by atoms with Gasteiger partial charge in [0.2, 0.25) is 0 Å². The molecular formula is C14H27NO3. The van der Waals surface area contributed by atoms with Crippen LogP contribution in [0.25, 0.3) is 0 Å². The minimum absolute atomic E-state index is 0.0796. The molecule has 0 aromatic rings. The fourth-order valence-corrected chi connectivity index (χ4v) is 2.76. The zero-order valence-corrected chi connectivity index (χ0v) is 11.7. The Hall–Kier alpha value is -0.610. The molecule has 1 rings (SSSR count). The molecule has 4 heteroatoms. The fourth-order valence-electron chi connectivity index (χ4n) is 2.76. The minimum atomic E-state index is -0.0866. The highest BCUT2D eigenvalue weighted by Crippen LogP contribution is 2.23. The summed E-state index contributed by atoms with van der Waals surface area (Å²) in [5, 5.41) is 9.03. The Kier molecular flexibility index (Phi) is 7.28. The second-order valence-electron chi connectivity index (χ2n) is 5.07. The van der Waals surface area contributed by atoms with Gasteiger partial charge in [0.05, 0.1) is 6.61 Å². The highest BCUT2D eigenvalue weighted by molar-refractivity contribution is 5.75. The summed E-state index contributed by atoms with van der Waals surface area (Å²) in [5.74, 6) is 0.446. The van der Waals surface area contributed by atoms with Crippen molar-refractivity contribution in [1.82, 2.24) is 4.90 Å². The third-order valence-electron chi connectivity index (χ3n) is 3.65. The number of hydrogen-bond donors (Lipinski definition) is 1. The molecule has 18 heavy (non-hydrogen) atoms. The Morgan fingerprint density at radius 1 is 1.50 bits per heavy atom. The van der Waals surface area contributed by atoms with Crippen molar-refractivity contribution >= 4 is 5.97 Å². The molecule has 4 nitrogen and oxygen atoms in total. The molecule has 0 aliphatic carbocycles. The average molecular weight is 257 g/mol. The van der Waals surface area contributed by atoms with E-state index in [0.717, 1.165) is 38.8 Å². The van der Waals surface area contributed by atoms with Crippen LogP contribution in [0.5, 0.6) is 0 Å². The smallest absolute Gasteiger partial charge is 0.323 e. The summed E-state index contributed by atoms with van der Waals surface area (Å²) in [4.78, 5) is 14.2. The quantitative estimate of drug-likeness (QED) is 0.707. The maximum absolute atomic E-state index is 12.0. The Bertz CT molecular complexity index is 243. The number of aliphatic hydroxyl groups is 1. The van der Waals surface area contributed by atoms with Gasteiger partial charge in [0.15, 0.2) is 0 Å². The maximum Gasteiger partial charge on any atom is 0.323 e. The standard InChI is InChI=1S/C14H27NO3/c1-3-6-13(14(17)18-4-2)15-9-5-7-12(11-15)8-10-16/h12-13,16H,3-11H2,1-2H3. The lowest BCUT2D eigenvalue weighted by Gasteiger charge is -2.37. The highest BCUT2D eigenvalue weighted by atomic mass is 16.5. The molecule has 0 radical (unpaired) electrons. The van der Waals surface area contributed by atoms with Gasteiger partial charge in [0, 0.05) is 13.2 Å². The van der Waals surface area contributed by atoms with Crippen LogP contribution in [-0.4, -0.2) is 48.3 Å². The van der Waals surface area contributed by atoms with Gasteiger partial charge in [-0.1, -0.05) is 13.3 Å². The number of nitrogens with zero attached hydrogens (tertiary/aromatic N) is 1. The molecule has 0 amide bonds. The first-order valence-corrected chi connectivity index (χ1v) is 7.24. The van der Waals surface area contributed by atoms with Crippen LogP contribution >= 0.6 is 0 Å². The molecule has 0 bridgehead atoms. The average Bonchev–Trinajstić information content (AvgIpc) is 2.37.